The molecule has 0 aliphatic rings. The van der Waals surface area contributed by atoms with Crippen LogP contribution >= 0.6 is 11.6 Å². The Labute approximate surface area is 106 Å². The summed E-state index contributed by atoms with van der Waals surface area (Å²) in [4.78, 5) is 12.7. The van der Waals surface area contributed by atoms with Crippen LogP contribution in [0.15, 0.2) is 18.2 Å². The van der Waals surface area contributed by atoms with Gasteiger partial charge in [0.1, 0.15) is 5.75 Å². The van der Waals surface area contributed by atoms with Crippen LogP contribution in [0, 0.1) is 0 Å². The summed E-state index contributed by atoms with van der Waals surface area (Å²) in [5, 5.41) is 0.544. The molecule has 0 heterocycles. The Bertz CT molecular complexity index is 395. The molecule has 1 amide bonds. The summed E-state index contributed by atoms with van der Waals surface area (Å²) in [6, 6.07) is 5.45. The van der Waals surface area contributed by atoms with Gasteiger partial charge in [-0.05, 0) is 24.6 Å². The molecule has 5 heteroatoms. The highest BCUT2D eigenvalue weighted by atomic mass is 35.5. The summed E-state index contributed by atoms with van der Waals surface area (Å²) >= 11 is 6.05. The summed E-state index contributed by atoms with van der Waals surface area (Å²) in [6.07, 6.45) is -0.380. The first-order valence-corrected chi connectivity index (χ1v) is 5.66. The van der Waals surface area contributed by atoms with Crippen molar-refractivity contribution in [2.75, 3.05) is 20.8 Å². The molecule has 0 aromatic heterocycles. The third kappa shape index (κ3) is 3.82. The summed E-state index contributed by atoms with van der Waals surface area (Å²) < 4.78 is 9.93. The van der Waals surface area contributed by atoms with E-state index in [0.717, 1.165) is 5.56 Å². The summed E-state index contributed by atoms with van der Waals surface area (Å²) in [7, 11) is 3.01. The first-order valence-electron chi connectivity index (χ1n) is 5.28. The molecule has 0 bridgehead atoms. The highest BCUT2D eigenvalue weighted by Crippen LogP contribution is 2.25. The van der Waals surface area contributed by atoms with Gasteiger partial charge >= 0.3 is 6.09 Å². The van der Waals surface area contributed by atoms with Crippen molar-refractivity contribution in [3.8, 4) is 5.75 Å². The van der Waals surface area contributed by atoms with E-state index in [2.05, 4.69) is 4.74 Å². The van der Waals surface area contributed by atoms with Gasteiger partial charge in [0, 0.05) is 13.6 Å². The van der Waals surface area contributed by atoms with Gasteiger partial charge in [-0.15, -0.1) is 0 Å². The monoisotopic (exact) mass is 257 g/mol. The first kappa shape index (κ1) is 13.6. The van der Waals surface area contributed by atoms with Crippen LogP contribution < -0.4 is 4.74 Å². The maximum atomic E-state index is 11.2. The smallest absolute Gasteiger partial charge is 0.409 e. The van der Waals surface area contributed by atoms with E-state index in [1.165, 1.54) is 12.0 Å². The van der Waals surface area contributed by atoms with Gasteiger partial charge in [0.2, 0.25) is 0 Å². The van der Waals surface area contributed by atoms with E-state index in [4.69, 9.17) is 16.3 Å². The van der Waals surface area contributed by atoms with Crippen molar-refractivity contribution >= 4 is 17.7 Å². The Morgan fingerprint density at radius 2 is 2.18 bits per heavy atom. The van der Waals surface area contributed by atoms with Gasteiger partial charge in [0.15, 0.2) is 0 Å². The van der Waals surface area contributed by atoms with E-state index in [9.17, 15) is 4.79 Å². The zero-order valence-corrected chi connectivity index (χ0v) is 11.0. The van der Waals surface area contributed by atoms with Crippen LogP contribution in [0.5, 0.6) is 5.75 Å². The van der Waals surface area contributed by atoms with Crippen LogP contribution in [0.3, 0.4) is 0 Å². The Morgan fingerprint density at radius 3 is 2.71 bits per heavy atom. The molecule has 0 spiro atoms. The number of hydrogen-bond donors (Lipinski definition) is 0. The van der Waals surface area contributed by atoms with Crippen LogP contribution in [0.25, 0.3) is 0 Å². The number of halogens is 1. The molecule has 0 aliphatic heterocycles. The summed E-state index contributed by atoms with van der Waals surface area (Å²) in [5.41, 5.74) is 0.923. The van der Waals surface area contributed by atoms with Crippen LogP contribution in [-0.2, 0) is 11.3 Å². The molecular weight excluding hydrogens is 242 g/mol. The van der Waals surface area contributed by atoms with Crippen molar-refractivity contribution in [3.05, 3.63) is 28.8 Å². The molecule has 17 heavy (non-hydrogen) atoms. The lowest BCUT2D eigenvalue weighted by Crippen LogP contribution is -2.25. The maximum Gasteiger partial charge on any atom is 0.409 e. The Kier molecular flexibility index (Phi) is 5.10. The number of carbonyl (C=O) groups is 1. The third-order valence-corrected chi connectivity index (χ3v) is 2.50. The molecule has 94 valence electrons. The van der Waals surface area contributed by atoms with Crippen LogP contribution in [0.1, 0.15) is 12.5 Å². The van der Waals surface area contributed by atoms with Crippen molar-refractivity contribution in [2.24, 2.45) is 0 Å². The number of ether oxygens (including phenoxy) is 2. The second-order valence-corrected chi connectivity index (χ2v) is 3.93. The van der Waals surface area contributed by atoms with E-state index in [0.29, 0.717) is 23.9 Å². The zero-order valence-electron chi connectivity index (χ0n) is 10.2. The fraction of sp³-hybridized carbons (Fsp3) is 0.417. The van der Waals surface area contributed by atoms with Gasteiger partial charge in [-0.25, -0.2) is 4.79 Å². The van der Waals surface area contributed by atoms with Gasteiger partial charge in [0.05, 0.1) is 18.7 Å². The van der Waals surface area contributed by atoms with Crippen molar-refractivity contribution < 1.29 is 14.3 Å². The molecule has 0 fully saturated rings. The molecule has 0 unspecified atom stereocenters. The number of rotatable bonds is 4. The minimum atomic E-state index is -0.380. The van der Waals surface area contributed by atoms with E-state index in [-0.39, 0.29) is 6.09 Å². The Hall–Kier alpha value is -1.42. The topological polar surface area (TPSA) is 38.8 Å². The van der Waals surface area contributed by atoms with Gasteiger partial charge in [-0.3, -0.25) is 0 Å². The lowest BCUT2D eigenvalue weighted by atomic mass is 10.2. The molecule has 1 aromatic carbocycles. The molecule has 0 saturated heterocycles. The lowest BCUT2D eigenvalue weighted by Gasteiger charge is -2.16. The molecule has 0 radical (unpaired) electrons. The number of amides is 1. The average molecular weight is 258 g/mol. The van der Waals surface area contributed by atoms with Gasteiger partial charge in [-0.2, -0.15) is 0 Å². The average Bonchev–Trinajstić information content (AvgIpc) is 2.31. The highest BCUT2D eigenvalue weighted by Gasteiger charge is 2.10. The third-order valence-electron chi connectivity index (χ3n) is 2.20. The molecular formula is C12H16ClNO3. The van der Waals surface area contributed by atoms with Crippen molar-refractivity contribution in [1.82, 2.24) is 4.90 Å². The largest absolute Gasteiger partial charge is 0.492 e. The van der Waals surface area contributed by atoms with Crippen LogP contribution in [-0.4, -0.2) is 31.8 Å². The van der Waals surface area contributed by atoms with E-state index >= 15 is 0 Å². The van der Waals surface area contributed by atoms with Gasteiger partial charge in [-0.1, -0.05) is 17.7 Å². The number of carbonyl (C=O) groups excluding carboxylic acids is 1. The summed E-state index contributed by atoms with van der Waals surface area (Å²) in [6.45, 7) is 2.91. The zero-order chi connectivity index (χ0) is 12.8. The molecule has 0 aliphatic carbocycles. The minimum absolute atomic E-state index is 0.380. The number of methoxy groups -OCH3 is 1. The Balaban J connectivity index is 2.73. The Morgan fingerprint density at radius 1 is 1.47 bits per heavy atom. The SMILES string of the molecule is CCOc1ccc(CN(C)C(=O)OC)cc1Cl. The van der Waals surface area contributed by atoms with Crippen molar-refractivity contribution in [1.29, 1.82) is 0 Å². The molecule has 0 saturated carbocycles. The first-order chi connectivity index (χ1) is 8.08. The lowest BCUT2D eigenvalue weighted by molar-refractivity contribution is 0.131. The van der Waals surface area contributed by atoms with Gasteiger partial charge < -0.3 is 14.4 Å². The standard InChI is InChI=1S/C12H16ClNO3/c1-4-17-11-6-5-9(7-10(11)13)8-14(2)12(15)16-3/h5-7H,4,8H2,1-3H3. The van der Waals surface area contributed by atoms with Crippen molar-refractivity contribution in [3.63, 3.8) is 0 Å². The predicted molar refractivity (Wildman–Crippen MR) is 66.5 cm³/mol. The van der Waals surface area contributed by atoms with Crippen molar-refractivity contribution in [2.45, 2.75) is 13.5 Å². The normalized spacial score (nSPS) is 9.88. The predicted octanol–water partition coefficient (Wildman–Crippen LogP) is 2.94. The fourth-order valence-electron chi connectivity index (χ4n) is 1.41. The molecule has 0 atom stereocenters. The molecule has 1 rings (SSSR count). The van der Waals surface area contributed by atoms with Gasteiger partial charge in [0.25, 0.3) is 0 Å². The maximum absolute atomic E-state index is 11.2. The molecule has 1 aromatic rings. The quantitative estimate of drug-likeness (QED) is 0.832. The minimum Gasteiger partial charge on any atom is -0.492 e. The second kappa shape index (κ2) is 6.35. The van der Waals surface area contributed by atoms with E-state index in [1.807, 2.05) is 13.0 Å². The summed E-state index contributed by atoms with van der Waals surface area (Å²) in [5.74, 6) is 0.652. The number of benzene rings is 1. The molecule has 4 nitrogen and oxygen atoms in total. The van der Waals surface area contributed by atoms with Crippen LogP contribution in [0.4, 0.5) is 4.79 Å². The number of nitrogens with zero attached hydrogens (tertiary/aromatic N) is 1. The highest BCUT2D eigenvalue weighted by molar-refractivity contribution is 6.32. The number of hydrogen-bond acceptors (Lipinski definition) is 3. The second-order valence-electron chi connectivity index (χ2n) is 3.52. The van der Waals surface area contributed by atoms with E-state index in [1.54, 1.807) is 19.2 Å². The molecule has 0 N–H and O–H groups in total. The van der Waals surface area contributed by atoms with Crippen LogP contribution in [0.2, 0.25) is 5.02 Å². The van der Waals surface area contributed by atoms with E-state index < -0.39 is 0 Å². The fourth-order valence-corrected chi connectivity index (χ4v) is 1.67.